The molecule has 0 fully saturated rings. The number of carbonyl (C=O) groups excluding carboxylic acids is 1. The number of amides is 2. The number of hydrogen-bond acceptors (Lipinski definition) is 2. The Bertz CT molecular complexity index is 804. The third-order valence-electron chi connectivity index (χ3n) is 3.40. The molecule has 2 rings (SSSR count). The van der Waals surface area contributed by atoms with E-state index in [4.69, 9.17) is 0 Å². The number of alkyl halides is 3. The zero-order valence-corrected chi connectivity index (χ0v) is 15.3. The molecule has 1 aromatic heterocycles. The molecule has 0 aliphatic rings. The van der Waals surface area contributed by atoms with E-state index >= 15 is 0 Å². The first-order valence-electron chi connectivity index (χ1n) is 7.74. The number of benzene rings is 1. The second kappa shape index (κ2) is 7.43. The van der Waals surface area contributed by atoms with E-state index in [0.717, 1.165) is 17.0 Å². The second-order valence-electron chi connectivity index (χ2n) is 6.21. The molecule has 0 saturated carbocycles. The molecule has 136 valence electrons. The molecule has 2 amide bonds. The number of rotatable bonds is 3. The fourth-order valence-corrected chi connectivity index (χ4v) is 3.15. The van der Waals surface area contributed by atoms with Crippen LogP contribution < -0.4 is 4.80 Å². The summed E-state index contributed by atoms with van der Waals surface area (Å²) in [5, 5.41) is 0. The Kier molecular flexibility index (Phi) is 5.72. The lowest BCUT2D eigenvalue weighted by molar-refractivity contribution is -0.137. The minimum atomic E-state index is -4.38. The van der Waals surface area contributed by atoms with Gasteiger partial charge in [0.15, 0.2) is 4.80 Å². The average molecular weight is 371 g/mol. The van der Waals surface area contributed by atoms with Gasteiger partial charge in [0, 0.05) is 30.4 Å². The highest BCUT2D eigenvalue weighted by molar-refractivity contribution is 7.09. The molecule has 4 nitrogen and oxygen atoms in total. The van der Waals surface area contributed by atoms with Crippen molar-refractivity contribution in [1.29, 1.82) is 0 Å². The summed E-state index contributed by atoms with van der Waals surface area (Å²) in [6.45, 7) is 6.43. The third-order valence-corrected chi connectivity index (χ3v) is 4.30. The highest BCUT2D eigenvalue weighted by atomic mass is 32.1. The number of carbonyl (C=O) groups is 1. The van der Waals surface area contributed by atoms with Crippen LogP contribution in [0.3, 0.4) is 0 Å². The van der Waals surface area contributed by atoms with Gasteiger partial charge in [0.2, 0.25) is 0 Å². The van der Waals surface area contributed by atoms with Crippen LogP contribution in [0, 0.1) is 12.8 Å². The minimum Gasteiger partial charge on any atom is -0.326 e. The fraction of sp³-hybridized carbons (Fsp3) is 0.412. The van der Waals surface area contributed by atoms with Crippen LogP contribution >= 0.6 is 11.3 Å². The third kappa shape index (κ3) is 4.94. The minimum absolute atomic E-state index is 0.316. The largest absolute Gasteiger partial charge is 0.416 e. The maximum atomic E-state index is 12.7. The van der Waals surface area contributed by atoms with Crippen molar-refractivity contribution in [2.24, 2.45) is 10.9 Å². The van der Waals surface area contributed by atoms with Crippen LogP contribution in [-0.4, -0.2) is 29.1 Å². The van der Waals surface area contributed by atoms with Crippen LogP contribution in [0.4, 0.5) is 18.0 Å². The fourth-order valence-electron chi connectivity index (χ4n) is 2.32. The predicted molar refractivity (Wildman–Crippen MR) is 91.8 cm³/mol. The van der Waals surface area contributed by atoms with E-state index in [1.54, 1.807) is 17.8 Å². The summed E-state index contributed by atoms with van der Waals surface area (Å²) in [4.78, 5) is 19.2. The van der Waals surface area contributed by atoms with Crippen LogP contribution in [0.15, 0.2) is 35.5 Å². The molecule has 1 heterocycles. The smallest absolute Gasteiger partial charge is 0.326 e. The lowest BCUT2D eigenvalue weighted by Gasteiger charge is -2.16. The summed E-state index contributed by atoms with van der Waals surface area (Å²) in [6.07, 6.45) is -2.63. The summed E-state index contributed by atoms with van der Waals surface area (Å²) < 4.78 is 39.7. The number of aryl methyl sites for hydroxylation is 1. The molecule has 0 atom stereocenters. The normalized spacial score (nSPS) is 12.7. The van der Waals surface area contributed by atoms with Gasteiger partial charge < -0.3 is 4.90 Å². The van der Waals surface area contributed by atoms with Gasteiger partial charge in [-0.3, -0.25) is 4.57 Å². The molecule has 0 bridgehead atoms. The van der Waals surface area contributed by atoms with Gasteiger partial charge in [-0.15, -0.1) is 11.3 Å². The maximum absolute atomic E-state index is 12.7. The van der Waals surface area contributed by atoms with E-state index in [1.807, 2.05) is 20.8 Å². The van der Waals surface area contributed by atoms with Gasteiger partial charge in [0.05, 0.1) is 5.56 Å². The lowest BCUT2D eigenvalue weighted by Crippen LogP contribution is -2.29. The molecule has 1 aromatic carbocycles. The van der Waals surface area contributed by atoms with E-state index in [-0.39, 0.29) is 6.03 Å². The van der Waals surface area contributed by atoms with Crippen LogP contribution in [0.25, 0.3) is 5.69 Å². The molecule has 0 unspecified atom stereocenters. The van der Waals surface area contributed by atoms with E-state index in [1.165, 1.54) is 28.4 Å². The molecule has 8 heteroatoms. The molecular formula is C17H20F3N3OS. The first-order valence-corrected chi connectivity index (χ1v) is 8.56. The zero-order chi connectivity index (χ0) is 18.8. The van der Waals surface area contributed by atoms with Crippen molar-refractivity contribution in [3.05, 3.63) is 45.7 Å². The molecule has 25 heavy (non-hydrogen) atoms. The van der Waals surface area contributed by atoms with Gasteiger partial charge in [-0.05, 0) is 37.1 Å². The van der Waals surface area contributed by atoms with Gasteiger partial charge in [-0.25, -0.2) is 4.79 Å². The summed E-state index contributed by atoms with van der Waals surface area (Å²) in [6, 6.07) is 4.40. The van der Waals surface area contributed by atoms with E-state index in [9.17, 15) is 18.0 Å². The van der Waals surface area contributed by atoms with Crippen molar-refractivity contribution in [2.45, 2.75) is 26.9 Å². The number of hydrogen-bond donors (Lipinski definition) is 0. The Morgan fingerprint density at radius 3 is 2.40 bits per heavy atom. The van der Waals surface area contributed by atoms with Crippen molar-refractivity contribution in [1.82, 2.24) is 9.47 Å². The molecule has 0 aliphatic heterocycles. The van der Waals surface area contributed by atoms with Crippen LogP contribution in [-0.2, 0) is 6.18 Å². The summed E-state index contributed by atoms with van der Waals surface area (Å²) in [5.74, 6) is 0.316. The number of urea groups is 1. The number of aromatic nitrogens is 1. The van der Waals surface area contributed by atoms with Gasteiger partial charge in [-0.2, -0.15) is 18.2 Å². The molecule has 2 aromatic rings. The van der Waals surface area contributed by atoms with Crippen molar-refractivity contribution < 1.29 is 18.0 Å². The number of nitrogens with zero attached hydrogens (tertiary/aromatic N) is 3. The van der Waals surface area contributed by atoms with Crippen molar-refractivity contribution in [3.8, 4) is 5.69 Å². The lowest BCUT2D eigenvalue weighted by atomic mass is 10.2. The van der Waals surface area contributed by atoms with E-state index < -0.39 is 11.7 Å². The monoisotopic (exact) mass is 371 g/mol. The quantitative estimate of drug-likeness (QED) is 0.784. The van der Waals surface area contributed by atoms with Crippen molar-refractivity contribution >= 4 is 17.4 Å². The Labute approximate surface area is 148 Å². The summed E-state index contributed by atoms with van der Waals surface area (Å²) >= 11 is 1.31. The zero-order valence-electron chi connectivity index (χ0n) is 14.5. The second-order valence-corrected chi connectivity index (χ2v) is 7.42. The Morgan fingerprint density at radius 1 is 1.28 bits per heavy atom. The molecular weight excluding hydrogens is 351 g/mol. The predicted octanol–water partition coefficient (Wildman–Crippen LogP) is 4.47. The summed E-state index contributed by atoms with van der Waals surface area (Å²) in [7, 11) is 1.68. The first kappa shape index (κ1) is 19.2. The molecule has 0 radical (unpaired) electrons. The molecule has 0 spiro atoms. The number of thiazole rings is 1. The van der Waals surface area contributed by atoms with Crippen molar-refractivity contribution in [3.63, 3.8) is 0 Å². The highest BCUT2D eigenvalue weighted by Gasteiger charge is 2.30. The van der Waals surface area contributed by atoms with Crippen LogP contribution in [0.1, 0.15) is 24.3 Å². The van der Waals surface area contributed by atoms with Gasteiger partial charge >= 0.3 is 12.2 Å². The summed E-state index contributed by atoms with van der Waals surface area (Å²) in [5.41, 5.74) is -0.189. The average Bonchev–Trinajstić information content (AvgIpc) is 2.86. The Hall–Kier alpha value is -2.09. The van der Waals surface area contributed by atoms with E-state index in [0.29, 0.717) is 23.0 Å². The molecule has 0 saturated heterocycles. The van der Waals surface area contributed by atoms with Crippen molar-refractivity contribution in [2.75, 3.05) is 13.6 Å². The topological polar surface area (TPSA) is 37.6 Å². The molecule has 0 aliphatic carbocycles. The van der Waals surface area contributed by atoms with Gasteiger partial charge in [0.1, 0.15) is 0 Å². The Balaban J connectivity index is 2.38. The maximum Gasteiger partial charge on any atom is 0.416 e. The van der Waals surface area contributed by atoms with Crippen LogP contribution in [0.5, 0.6) is 0 Å². The number of halogens is 3. The highest BCUT2D eigenvalue weighted by Crippen LogP contribution is 2.29. The standard InChI is InChI=1S/C17H20F3N3OS/c1-11(2)9-22(4)15(24)21-16-23(10-12(3)25-16)14-7-5-13(6-8-14)17(18,19)20/h5-8,10-11H,9H2,1-4H3. The first-order chi connectivity index (χ1) is 11.6. The Morgan fingerprint density at radius 2 is 1.88 bits per heavy atom. The van der Waals surface area contributed by atoms with E-state index in [2.05, 4.69) is 4.99 Å². The SMILES string of the molecule is Cc1cn(-c2ccc(C(F)(F)F)cc2)c(=NC(=O)N(C)CC(C)C)s1. The van der Waals surface area contributed by atoms with Gasteiger partial charge in [-0.1, -0.05) is 13.8 Å². The van der Waals surface area contributed by atoms with Crippen LogP contribution in [0.2, 0.25) is 0 Å². The molecule has 0 N–H and O–H groups in total. The van der Waals surface area contributed by atoms with Gasteiger partial charge in [0.25, 0.3) is 0 Å².